The SMILES string of the molecule is c1ccc(-c2nc(-n3c4ccccc4c4c3c3c5ccccc5sc3n3c5ccccc5nc43)nc3ccccc23)cc1. The highest BCUT2D eigenvalue weighted by Gasteiger charge is 2.25. The standard InChI is InChI=1S/C37H21N5S/c1-2-12-22(13-3-1)33-23-14-4-7-17-26(23)39-37(40-33)41-28-19-9-5-15-24(28)31-34(41)32-25-16-6-11-21-30(25)43-36(32)42-29-20-10-8-18-27(29)38-35(31)42/h1-21H. The number of aromatic nitrogens is 5. The van der Waals surface area contributed by atoms with Crippen LogP contribution in [0.4, 0.5) is 0 Å². The second kappa shape index (κ2) is 8.47. The lowest BCUT2D eigenvalue weighted by Gasteiger charge is -2.12. The zero-order chi connectivity index (χ0) is 28.1. The quantitative estimate of drug-likeness (QED) is 0.209. The van der Waals surface area contributed by atoms with Crippen LogP contribution in [0.1, 0.15) is 0 Å². The van der Waals surface area contributed by atoms with E-state index in [-0.39, 0.29) is 0 Å². The van der Waals surface area contributed by atoms with E-state index in [1.54, 1.807) is 0 Å². The third-order valence-electron chi connectivity index (χ3n) is 8.51. The van der Waals surface area contributed by atoms with Gasteiger partial charge in [-0.15, -0.1) is 11.3 Å². The van der Waals surface area contributed by atoms with Gasteiger partial charge in [0.1, 0.15) is 10.5 Å². The molecule has 43 heavy (non-hydrogen) atoms. The van der Waals surface area contributed by atoms with Crippen molar-refractivity contribution in [2.45, 2.75) is 0 Å². The minimum absolute atomic E-state index is 0.654. The molecule has 0 aliphatic rings. The van der Waals surface area contributed by atoms with Crippen molar-refractivity contribution >= 4 is 81.0 Å². The van der Waals surface area contributed by atoms with Crippen molar-refractivity contribution in [3.63, 3.8) is 0 Å². The van der Waals surface area contributed by atoms with Gasteiger partial charge >= 0.3 is 0 Å². The Balaban J connectivity index is 1.49. The van der Waals surface area contributed by atoms with Gasteiger partial charge in [-0.3, -0.25) is 8.97 Å². The van der Waals surface area contributed by atoms with Gasteiger partial charge in [-0.1, -0.05) is 97.1 Å². The fourth-order valence-electron chi connectivity index (χ4n) is 6.71. The summed E-state index contributed by atoms with van der Waals surface area (Å²) in [6.07, 6.45) is 0. The Morgan fingerprint density at radius 2 is 1.19 bits per heavy atom. The van der Waals surface area contributed by atoms with E-state index in [1.165, 1.54) is 20.3 Å². The molecule has 0 unspecified atom stereocenters. The molecule has 0 saturated carbocycles. The summed E-state index contributed by atoms with van der Waals surface area (Å²) in [5.74, 6) is 0.654. The van der Waals surface area contributed by atoms with Crippen molar-refractivity contribution < 1.29 is 0 Å². The van der Waals surface area contributed by atoms with Crippen LogP contribution in [0.5, 0.6) is 0 Å². The molecule has 5 heterocycles. The Morgan fingerprint density at radius 1 is 0.512 bits per heavy atom. The number of pyridine rings is 1. The molecular formula is C37H21N5S. The maximum atomic E-state index is 5.34. The van der Waals surface area contributed by atoms with Crippen LogP contribution in [0.25, 0.3) is 86.9 Å². The molecule has 0 fully saturated rings. The minimum Gasteiger partial charge on any atom is -0.283 e. The number of rotatable bonds is 2. The Kier molecular flexibility index (Phi) is 4.54. The van der Waals surface area contributed by atoms with Crippen LogP contribution in [0.3, 0.4) is 0 Å². The minimum atomic E-state index is 0.654. The van der Waals surface area contributed by atoms with E-state index >= 15 is 0 Å². The van der Waals surface area contributed by atoms with Crippen molar-refractivity contribution in [3.05, 3.63) is 127 Å². The second-order valence-corrected chi connectivity index (χ2v) is 11.9. The molecule has 6 heteroatoms. The summed E-state index contributed by atoms with van der Waals surface area (Å²) < 4.78 is 5.86. The third-order valence-corrected chi connectivity index (χ3v) is 9.67. The maximum absolute atomic E-state index is 5.34. The molecule has 200 valence electrons. The van der Waals surface area contributed by atoms with Crippen molar-refractivity contribution in [2.75, 3.05) is 0 Å². The van der Waals surface area contributed by atoms with Crippen LogP contribution < -0.4 is 0 Å². The Morgan fingerprint density at radius 3 is 2.05 bits per heavy atom. The van der Waals surface area contributed by atoms with E-state index < -0.39 is 0 Å². The highest BCUT2D eigenvalue weighted by atomic mass is 32.1. The van der Waals surface area contributed by atoms with Gasteiger partial charge in [0.2, 0.25) is 5.95 Å². The summed E-state index contributed by atoms with van der Waals surface area (Å²) in [6, 6.07) is 44.4. The molecule has 5 nitrogen and oxygen atoms in total. The van der Waals surface area contributed by atoms with E-state index in [0.717, 1.165) is 60.6 Å². The summed E-state index contributed by atoms with van der Waals surface area (Å²) >= 11 is 1.81. The van der Waals surface area contributed by atoms with Crippen molar-refractivity contribution in [3.8, 4) is 17.2 Å². The largest absolute Gasteiger partial charge is 0.283 e. The fourth-order valence-corrected chi connectivity index (χ4v) is 7.93. The third kappa shape index (κ3) is 3.07. The molecule has 0 atom stereocenters. The number of imidazole rings is 1. The summed E-state index contributed by atoms with van der Waals surface area (Å²) in [6.45, 7) is 0. The molecule has 5 aromatic carbocycles. The van der Waals surface area contributed by atoms with Gasteiger partial charge in [0.25, 0.3) is 0 Å². The number of hydrogen-bond donors (Lipinski definition) is 0. The van der Waals surface area contributed by atoms with Gasteiger partial charge in [0.15, 0.2) is 0 Å². The summed E-state index contributed by atoms with van der Waals surface area (Å²) in [5, 5.41) is 5.70. The second-order valence-electron chi connectivity index (χ2n) is 10.9. The molecule has 0 bridgehead atoms. The molecular weight excluding hydrogens is 547 g/mol. The molecule has 0 saturated heterocycles. The number of nitrogens with zero attached hydrogens (tertiary/aromatic N) is 5. The first-order chi connectivity index (χ1) is 21.3. The van der Waals surface area contributed by atoms with Crippen LogP contribution in [-0.4, -0.2) is 23.9 Å². The van der Waals surface area contributed by atoms with Crippen LogP contribution in [-0.2, 0) is 0 Å². The van der Waals surface area contributed by atoms with Gasteiger partial charge in [0.05, 0.1) is 38.7 Å². The number of thiophene rings is 1. The van der Waals surface area contributed by atoms with E-state index in [1.807, 2.05) is 23.5 Å². The number of para-hydroxylation sites is 4. The van der Waals surface area contributed by atoms with Gasteiger partial charge < -0.3 is 0 Å². The zero-order valence-corrected chi connectivity index (χ0v) is 23.6. The number of fused-ring (bicyclic) bond motifs is 13. The first kappa shape index (κ1) is 23.0. The van der Waals surface area contributed by atoms with E-state index in [2.05, 4.69) is 124 Å². The maximum Gasteiger partial charge on any atom is 0.235 e. The molecule has 5 aromatic heterocycles. The van der Waals surface area contributed by atoms with Gasteiger partial charge in [-0.25, -0.2) is 15.0 Å². The average Bonchev–Trinajstić information content (AvgIpc) is 3.74. The van der Waals surface area contributed by atoms with E-state index in [9.17, 15) is 0 Å². The summed E-state index contributed by atoms with van der Waals surface area (Å²) in [4.78, 5) is 17.0. The highest BCUT2D eigenvalue weighted by Crippen LogP contribution is 2.45. The predicted octanol–water partition coefficient (Wildman–Crippen LogP) is 9.56. The van der Waals surface area contributed by atoms with Crippen LogP contribution in [0, 0.1) is 0 Å². The van der Waals surface area contributed by atoms with Crippen molar-refractivity contribution in [1.82, 2.24) is 23.9 Å². The molecule has 10 rings (SSSR count). The van der Waals surface area contributed by atoms with Crippen LogP contribution in [0.15, 0.2) is 127 Å². The first-order valence-electron chi connectivity index (χ1n) is 14.3. The zero-order valence-electron chi connectivity index (χ0n) is 22.8. The van der Waals surface area contributed by atoms with Gasteiger partial charge in [-0.05, 0) is 30.3 Å². The number of hydrogen-bond acceptors (Lipinski definition) is 4. The Hall–Kier alpha value is -5.59. The fraction of sp³-hybridized carbons (Fsp3) is 0. The van der Waals surface area contributed by atoms with E-state index in [0.29, 0.717) is 5.95 Å². The van der Waals surface area contributed by atoms with Gasteiger partial charge in [-0.2, -0.15) is 0 Å². The summed E-state index contributed by atoms with van der Waals surface area (Å²) in [5.41, 5.74) is 8.10. The highest BCUT2D eigenvalue weighted by molar-refractivity contribution is 7.25. The van der Waals surface area contributed by atoms with Crippen molar-refractivity contribution in [2.24, 2.45) is 0 Å². The molecule has 0 aliphatic carbocycles. The molecule has 0 amide bonds. The summed E-state index contributed by atoms with van der Waals surface area (Å²) in [7, 11) is 0. The number of benzene rings is 5. The molecule has 10 aromatic rings. The van der Waals surface area contributed by atoms with Crippen LogP contribution >= 0.6 is 11.3 Å². The lowest BCUT2D eigenvalue weighted by atomic mass is 10.1. The topological polar surface area (TPSA) is 48.0 Å². The normalized spacial score (nSPS) is 12.2. The monoisotopic (exact) mass is 567 g/mol. The van der Waals surface area contributed by atoms with Crippen LogP contribution in [0.2, 0.25) is 0 Å². The lowest BCUT2D eigenvalue weighted by molar-refractivity contribution is 1.02. The van der Waals surface area contributed by atoms with E-state index in [4.69, 9.17) is 15.0 Å². The molecule has 0 aliphatic heterocycles. The molecule has 0 spiro atoms. The lowest BCUT2D eigenvalue weighted by Crippen LogP contribution is -2.04. The van der Waals surface area contributed by atoms with Gasteiger partial charge in [0, 0.05) is 31.8 Å². The molecule has 0 N–H and O–H groups in total. The average molecular weight is 568 g/mol. The predicted molar refractivity (Wildman–Crippen MR) is 178 cm³/mol. The Bertz CT molecular complexity index is 2700. The Labute approximate surface area is 248 Å². The van der Waals surface area contributed by atoms with Crippen molar-refractivity contribution in [1.29, 1.82) is 0 Å². The first-order valence-corrected chi connectivity index (χ1v) is 15.1. The smallest absolute Gasteiger partial charge is 0.235 e. The molecule has 0 radical (unpaired) electrons.